The van der Waals surface area contributed by atoms with E-state index in [1.165, 1.54) is 11.9 Å². The molecule has 1 amide bonds. The summed E-state index contributed by atoms with van der Waals surface area (Å²) >= 11 is 0. The van der Waals surface area contributed by atoms with E-state index < -0.39 is 12.7 Å². The van der Waals surface area contributed by atoms with Crippen LogP contribution in [0, 0.1) is 0 Å². The number of amides is 1. The van der Waals surface area contributed by atoms with Crippen molar-refractivity contribution in [3.63, 3.8) is 0 Å². The van der Waals surface area contributed by atoms with E-state index in [2.05, 4.69) is 25.4 Å². The minimum Gasteiger partial charge on any atom is -0.383 e. The molecule has 1 aliphatic heterocycles. The van der Waals surface area contributed by atoms with Crippen molar-refractivity contribution in [1.82, 2.24) is 25.3 Å². The number of ether oxygens (including phenoxy) is 1. The first-order valence-corrected chi connectivity index (χ1v) is 9.51. The van der Waals surface area contributed by atoms with Crippen molar-refractivity contribution in [2.75, 3.05) is 86.2 Å². The van der Waals surface area contributed by atoms with Crippen molar-refractivity contribution in [3.8, 4) is 0 Å². The predicted octanol–water partition coefficient (Wildman–Crippen LogP) is -0.174. The summed E-state index contributed by atoms with van der Waals surface area (Å²) in [5.74, 6) is 0.672. The lowest BCUT2D eigenvalue weighted by Crippen LogP contribution is -2.54. The summed E-state index contributed by atoms with van der Waals surface area (Å²) in [6.45, 7) is 6.38. The number of hydrogen-bond donors (Lipinski definition) is 2. The molecule has 0 bridgehead atoms. The van der Waals surface area contributed by atoms with Gasteiger partial charge in [-0.1, -0.05) is 0 Å². The van der Waals surface area contributed by atoms with Gasteiger partial charge in [-0.05, 0) is 14.0 Å². The van der Waals surface area contributed by atoms with Gasteiger partial charge in [-0.2, -0.15) is 13.2 Å². The molecule has 164 valence electrons. The molecule has 0 aromatic carbocycles. The molecule has 11 heteroatoms. The first-order valence-electron chi connectivity index (χ1n) is 9.51. The molecule has 2 N–H and O–H groups in total. The van der Waals surface area contributed by atoms with Crippen LogP contribution in [0.5, 0.6) is 0 Å². The van der Waals surface area contributed by atoms with Gasteiger partial charge in [0.05, 0.1) is 26.2 Å². The van der Waals surface area contributed by atoms with Gasteiger partial charge < -0.3 is 20.3 Å². The summed E-state index contributed by atoms with van der Waals surface area (Å²) in [4.78, 5) is 21.7. The van der Waals surface area contributed by atoms with E-state index in [1.807, 2.05) is 6.92 Å². The summed E-state index contributed by atoms with van der Waals surface area (Å²) in [6, 6.07) is 0. The van der Waals surface area contributed by atoms with Crippen LogP contribution >= 0.6 is 0 Å². The number of guanidine groups is 1. The Balaban J connectivity index is 2.41. The molecular formula is C17H33F3N6O2. The standard InChI is InChI=1S/C17H33F3N6O2/c1-4-21-16(23-5-7-24(2)14-17(18,19)20)26-10-8-25(9-11-26)13-15(27)22-6-12-28-3/h4-14H2,1-3H3,(H,21,23)(H,22,27). The van der Waals surface area contributed by atoms with Gasteiger partial charge in [0.2, 0.25) is 5.91 Å². The first kappa shape index (κ1) is 24.4. The summed E-state index contributed by atoms with van der Waals surface area (Å²) in [6.07, 6.45) is -4.20. The van der Waals surface area contributed by atoms with Gasteiger partial charge in [-0.15, -0.1) is 0 Å². The molecule has 1 saturated heterocycles. The quantitative estimate of drug-likeness (QED) is 0.296. The molecule has 0 aromatic rings. The summed E-state index contributed by atoms with van der Waals surface area (Å²) < 4.78 is 42.0. The number of nitrogens with zero attached hydrogens (tertiary/aromatic N) is 4. The molecule has 1 heterocycles. The average molecular weight is 410 g/mol. The van der Waals surface area contributed by atoms with E-state index in [1.54, 1.807) is 7.11 Å². The predicted molar refractivity (Wildman–Crippen MR) is 102 cm³/mol. The molecular weight excluding hydrogens is 377 g/mol. The Morgan fingerprint density at radius 2 is 1.89 bits per heavy atom. The molecule has 1 rings (SSSR count). The molecule has 0 unspecified atom stereocenters. The number of halogens is 3. The fourth-order valence-electron chi connectivity index (χ4n) is 2.81. The molecule has 0 radical (unpaired) electrons. The number of piperazine rings is 1. The van der Waals surface area contributed by atoms with Gasteiger partial charge in [-0.3, -0.25) is 19.6 Å². The van der Waals surface area contributed by atoms with Crippen LogP contribution in [0.25, 0.3) is 0 Å². The lowest BCUT2D eigenvalue weighted by atomic mass is 10.3. The third-order valence-corrected chi connectivity index (χ3v) is 4.19. The Bertz CT molecular complexity index is 482. The minimum atomic E-state index is -4.20. The van der Waals surface area contributed by atoms with Gasteiger partial charge in [0, 0.05) is 52.9 Å². The Morgan fingerprint density at radius 3 is 2.46 bits per heavy atom. The summed E-state index contributed by atoms with van der Waals surface area (Å²) in [5.41, 5.74) is 0. The maximum Gasteiger partial charge on any atom is 0.401 e. The van der Waals surface area contributed by atoms with Gasteiger partial charge in [0.25, 0.3) is 0 Å². The second-order valence-corrected chi connectivity index (χ2v) is 6.69. The zero-order valence-electron chi connectivity index (χ0n) is 17.0. The third-order valence-electron chi connectivity index (χ3n) is 4.19. The number of carbonyl (C=O) groups is 1. The number of aliphatic imine (C=N–C) groups is 1. The van der Waals surface area contributed by atoms with Crippen LogP contribution in [0.15, 0.2) is 4.99 Å². The summed E-state index contributed by atoms with van der Waals surface area (Å²) in [5, 5.41) is 5.99. The van der Waals surface area contributed by atoms with Gasteiger partial charge in [0.15, 0.2) is 5.96 Å². The van der Waals surface area contributed by atoms with Crippen LogP contribution in [0.2, 0.25) is 0 Å². The van der Waals surface area contributed by atoms with E-state index in [-0.39, 0.29) is 19.0 Å². The van der Waals surface area contributed by atoms with E-state index >= 15 is 0 Å². The molecule has 0 saturated carbocycles. The van der Waals surface area contributed by atoms with Crippen LogP contribution in [-0.4, -0.2) is 119 Å². The maximum absolute atomic E-state index is 12.4. The molecule has 0 atom stereocenters. The molecule has 0 aromatic heterocycles. The third kappa shape index (κ3) is 10.7. The van der Waals surface area contributed by atoms with Gasteiger partial charge >= 0.3 is 6.18 Å². The molecule has 0 aliphatic carbocycles. The second-order valence-electron chi connectivity index (χ2n) is 6.69. The number of hydrogen-bond acceptors (Lipinski definition) is 5. The second kappa shape index (κ2) is 12.8. The Morgan fingerprint density at radius 1 is 1.21 bits per heavy atom. The lowest BCUT2D eigenvalue weighted by Gasteiger charge is -2.36. The van der Waals surface area contributed by atoms with Gasteiger partial charge in [0.1, 0.15) is 0 Å². The first-order chi connectivity index (χ1) is 13.2. The van der Waals surface area contributed by atoms with Gasteiger partial charge in [-0.25, -0.2) is 0 Å². The highest BCUT2D eigenvalue weighted by molar-refractivity contribution is 5.80. The van der Waals surface area contributed by atoms with E-state index in [4.69, 9.17) is 4.74 Å². The Kier molecular flexibility index (Phi) is 11.2. The number of alkyl halides is 3. The van der Waals surface area contributed by atoms with Crippen molar-refractivity contribution < 1.29 is 22.7 Å². The molecule has 1 aliphatic rings. The van der Waals surface area contributed by atoms with Crippen LogP contribution in [0.1, 0.15) is 6.92 Å². The SMILES string of the molecule is CCNC(=NCCN(C)CC(F)(F)F)N1CCN(CC(=O)NCCOC)CC1. The molecule has 0 spiro atoms. The van der Waals surface area contributed by atoms with Crippen molar-refractivity contribution in [3.05, 3.63) is 0 Å². The number of nitrogens with one attached hydrogen (secondary N) is 2. The van der Waals surface area contributed by atoms with Crippen molar-refractivity contribution >= 4 is 11.9 Å². The van der Waals surface area contributed by atoms with Crippen LogP contribution in [0.3, 0.4) is 0 Å². The van der Waals surface area contributed by atoms with Crippen molar-refractivity contribution in [2.45, 2.75) is 13.1 Å². The smallest absolute Gasteiger partial charge is 0.383 e. The Labute approximate surface area is 165 Å². The van der Waals surface area contributed by atoms with E-state index in [9.17, 15) is 18.0 Å². The monoisotopic (exact) mass is 410 g/mol. The normalized spacial score (nSPS) is 16.5. The van der Waals surface area contributed by atoms with Crippen LogP contribution in [-0.2, 0) is 9.53 Å². The average Bonchev–Trinajstić information content (AvgIpc) is 2.60. The number of likely N-dealkylation sites (N-methyl/N-ethyl adjacent to an activating group) is 1. The Hall–Kier alpha value is -1.59. The summed E-state index contributed by atoms with van der Waals surface area (Å²) in [7, 11) is 3.02. The fourth-order valence-corrected chi connectivity index (χ4v) is 2.81. The highest BCUT2D eigenvalue weighted by atomic mass is 19.4. The zero-order valence-corrected chi connectivity index (χ0v) is 17.0. The molecule has 8 nitrogen and oxygen atoms in total. The fraction of sp³-hybridized carbons (Fsp3) is 0.882. The number of carbonyl (C=O) groups excluding carboxylic acids is 1. The molecule has 1 fully saturated rings. The number of methoxy groups -OCH3 is 1. The highest BCUT2D eigenvalue weighted by Gasteiger charge is 2.29. The molecule has 28 heavy (non-hydrogen) atoms. The lowest BCUT2D eigenvalue weighted by molar-refractivity contribution is -0.142. The van der Waals surface area contributed by atoms with Crippen molar-refractivity contribution in [1.29, 1.82) is 0 Å². The minimum absolute atomic E-state index is 0.0289. The van der Waals surface area contributed by atoms with Crippen LogP contribution in [0.4, 0.5) is 13.2 Å². The van der Waals surface area contributed by atoms with E-state index in [0.29, 0.717) is 45.3 Å². The van der Waals surface area contributed by atoms with Crippen molar-refractivity contribution in [2.24, 2.45) is 4.99 Å². The largest absolute Gasteiger partial charge is 0.401 e. The van der Waals surface area contributed by atoms with Crippen LogP contribution < -0.4 is 10.6 Å². The van der Waals surface area contributed by atoms with E-state index in [0.717, 1.165) is 13.1 Å². The number of rotatable bonds is 10. The highest BCUT2D eigenvalue weighted by Crippen LogP contribution is 2.15. The maximum atomic E-state index is 12.4. The topological polar surface area (TPSA) is 72.4 Å². The zero-order chi connectivity index (χ0) is 21.0.